The van der Waals surface area contributed by atoms with Gasteiger partial charge in [-0.15, -0.1) is 13.2 Å². The van der Waals surface area contributed by atoms with E-state index < -0.39 is 6.36 Å². The Bertz CT molecular complexity index is 274. The van der Waals surface area contributed by atoms with E-state index in [4.69, 9.17) is 5.73 Å². The minimum atomic E-state index is -4.69. The van der Waals surface area contributed by atoms with Crippen molar-refractivity contribution in [2.45, 2.75) is 6.36 Å². The average molecular weight is 178 g/mol. The first-order valence-electron chi connectivity index (χ1n) is 2.95. The van der Waals surface area contributed by atoms with E-state index in [1.165, 1.54) is 0 Å². The molecule has 0 aromatic carbocycles. The molecular weight excluding hydrogens is 173 g/mol. The smallest absolute Gasteiger partial charge is 0.406 e. The molecule has 3 nitrogen and oxygen atoms in total. The van der Waals surface area contributed by atoms with Gasteiger partial charge in [0.2, 0.25) is 0 Å². The number of ether oxygens (including phenoxy) is 1. The summed E-state index contributed by atoms with van der Waals surface area (Å²) in [6.45, 7) is 0. The number of anilines is 1. The SMILES string of the molecule is Nc1cc(OC(F)(F)F)ccn1. The van der Waals surface area contributed by atoms with Crippen molar-refractivity contribution in [3.63, 3.8) is 0 Å². The van der Waals surface area contributed by atoms with Crippen molar-refractivity contribution < 1.29 is 17.9 Å². The fraction of sp³-hybridized carbons (Fsp3) is 0.167. The van der Waals surface area contributed by atoms with Gasteiger partial charge in [0, 0.05) is 12.3 Å². The van der Waals surface area contributed by atoms with Gasteiger partial charge < -0.3 is 10.5 Å². The molecule has 0 spiro atoms. The first-order chi connectivity index (χ1) is 5.47. The van der Waals surface area contributed by atoms with Gasteiger partial charge in [0.05, 0.1) is 0 Å². The van der Waals surface area contributed by atoms with Crippen LogP contribution in [0.1, 0.15) is 0 Å². The van der Waals surface area contributed by atoms with Crippen LogP contribution < -0.4 is 10.5 Å². The molecule has 0 amide bonds. The van der Waals surface area contributed by atoms with Crippen LogP contribution in [0.25, 0.3) is 0 Å². The van der Waals surface area contributed by atoms with Crippen LogP contribution in [0.5, 0.6) is 5.75 Å². The molecule has 66 valence electrons. The summed E-state index contributed by atoms with van der Waals surface area (Å²) in [5.41, 5.74) is 5.12. The fourth-order valence-corrected chi connectivity index (χ4v) is 0.625. The van der Waals surface area contributed by atoms with Crippen molar-refractivity contribution in [3.8, 4) is 5.75 Å². The Labute approximate surface area is 66.0 Å². The summed E-state index contributed by atoms with van der Waals surface area (Å²) < 4.78 is 38.3. The summed E-state index contributed by atoms with van der Waals surface area (Å²) >= 11 is 0. The van der Waals surface area contributed by atoms with Crippen molar-refractivity contribution in [1.82, 2.24) is 4.98 Å². The molecule has 1 rings (SSSR count). The maximum absolute atomic E-state index is 11.6. The molecule has 0 saturated heterocycles. The van der Waals surface area contributed by atoms with Crippen molar-refractivity contribution in [3.05, 3.63) is 18.3 Å². The van der Waals surface area contributed by atoms with Crippen LogP contribution >= 0.6 is 0 Å². The van der Waals surface area contributed by atoms with Gasteiger partial charge in [0.15, 0.2) is 0 Å². The lowest BCUT2D eigenvalue weighted by Crippen LogP contribution is -2.17. The highest BCUT2D eigenvalue weighted by molar-refractivity contribution is 5.35. The third-order valence-electron chi connectivity index (χ3n) is 0.986. The second-order valence-corrected chi connectivity index (χ2v) is 1.96. The van der Waals surface area contributed by atoms with Gasteiger partial charge in [-0.25, -0.2) is 4.98 Å². The van der Waals surface area contributed by atoms with Gasteiger partial charge >= 0.3 is 6.36 Å². The second kappa shape index (κ2) is 2.88. The number of aromatic nitrogens is 1. The van der Waals surface area contributed by atoms with Crippen molar-refractivity contribution >= 4 is 5.82 Å². The number of hydrogen-bond acceptors (Lipinski definition) is 3. The maximum atomic E-state index is 11.6. The summed E-state index contributed by atoms with van der Waals surface area (Å²) in [6.07, 6.45) is -3.55. The topological polar surface area (TPSA) is 48.1 Å². The summed E-state index contributed by atoms with van der Waals surface area (Å²) in [7, 11) is 0. The predicted octanol–water partition coefficient (Wildman–Crippen LogP) is 1.56. The predicted molar refractivity (Wildman–Crippen MR) is 35.3 cm³/mol. The summed E-state index contributed by atoms with van der Waals surface area (Å²) in [4.78, 5) is 3.50. The Morgan fingerprint density at radius 1 is 1.42 bits per heavy atom. The molecular formula is C6H5F3N2O. The molecule has 0 radical (unpaired) electrons. The van der Waals surface area contributed by atoms with Gasteiger partial charge in [0.25, 0.3) is 0 Å². The van der Waals surface area contributed by atoms with Crippen LogP contribution in [0.2, 0.25) is 0 Å². The molecule has 1 aromatic rings. The lowest BCUT2D eigenvalue weighted by atomic mass is 10.4. The molecule has 0 aliphatic rings. The summed E-state index contributed by atoms with van der Waals surface area (Å²) in [5, 5.41) is 0. The van der Waals surface area contributed by atoms with Crippen LogP contribution in [0.15, 0.2) is 18.3 Å². The summed E-state index contributed by atoms with van der Waals surface area (Å²) in [5.74, 6) is -0.383. The largest absolute Gasteiger partial charge is 0.573 e. The minimum Gasteiger partial charge on any atom is -0.406 e. The Morgan fingerprint density at radius 2 is 2.08 bits per heavy atom. The van der Waals surface area contributed by atoms with E-state index in [1.54, 1.807) is 0 Å². The van der Waals surface area contributed by atoms with E-state index >= 15 is 0 Å². The van der Waals surface area contributed by atoms with Gasteiger partial charge in [0.1, 0.15) is 11.6 Å². The molecule has 0 bridgehead atoms. The zero-order valence-electron chi connectivity index (χ0n) is 5.80. The van der Waals surface area contributed by atoms with E-state index in [-0.39, 0.29) is 11.6 Å². The lowest BCUT2D eigenvalue weighted by molar-refractivity contribution is -0.274. The maximum Gasteiger partial charge on any atom is 0.573 e. The number of nitrogens with two attached hydrogens (primary N) is 1. The summed E-state index contributed by atoms with van der Waals surface area (Å²) in [6, 6.07) is 2.07. The van der Waals surface area contributed by atoms with Crippen LogP contribution in [0.4, 0.5) is 19.0 Å². The number of hydrogen-bond donors (Lipinski definition) is 1. The number of nitrogens with zero attached hydrogens (tertiary/aromatic N) is 1. The first-order valence-corrected chi connectivity index (χ1v) is 2.95. The Morgan fingerprint density at radius 3 is 2.58 bits per heavy atom. The van der Waals surface area contributed by atoms with Crippen molar-refractivity contribution in [1.29, 1.82) is 0 Å². The normalized spacial score (nSPS) is 11.2. The van der Waals surface area contributed by atoms with Crippen molar-refractivity contribution in [2.75, 3.05) is 5.73 Å². The van der Waals surface area contributed by atoms with Gasteiger partial charge in [-0.05, 0) is 6.07 Å². The highest BCUT2D eigenvalue weighted by Crippen LogP contribution is 2.22. The fourth-order valence-electron chi connectivity index (χ4n) is 0.625. The quantitative estimate of drug-likeness (QED) is 0.709. The molecule has 0 saturated carbocycles. The molecule has 0 aliphatic heterocycles. The average Bonchev–Trinajstić information content (AvgIpc) is 1.82. The highest BCUT2D eigenvalue weighted by Gasteiger charge is 2.31. The van der Waals surface area contributed by atoms with E-state index in [9.17, 15) is 13.2 Å². The molecule has 6 heteroatoms. The molecule has 0 atom stereocenters. The van der Waals surface area contributed by atoms with Crippen LogP contribution in [-0.4, -0.2) is 11.3 Å². The Balaban J connectivity index is 2.77. The van der Waals surface area contributed by atoms with E-state index in [2.05, 4.69) is 9.72 Å². The van der Waals surface area contributed by atoms with Crippen LogP contribution in [0, 0.1) is 0 Å². The van der Waals surface area contributed by atoms with Crippen LogP contribution in [-0.2, 0) is 0 Å². The lowest BCUT2D eigenvalue weighted by Gasteiger charge is -2.07. The molecule has 0 aliphatic carbocycles. The molecule has 0 unspecified atom stereocenters. The molecule has 1 heterocycles. The number of halogens is 3. The zero-order valence-corrected chi connectivity index (χ0v) is 5.80. The first kappa shape index (κ1) is 8.63. The number of alkyl halides is 3. The highest BCUT2D eigenvalue weighted by atomic mass is 19.4. The second-order valence-electron chi connectivity index (χ2n) is 1.96. The monoisotopic (exact) mass is 178 g/mol. The standard InChI is InChI=1S/C6H5F3N2O/c7-6(8,9)12-4-1-2-11-5(10)3-4/h1-3H,(H2,10,11). The van der Waals surface area contributed by atoms with E-state index in [0.29, 0.717) is 0 Å². The van der Waals surface area contributed by atoms with Gasteiger partial charge in [-0.1, -0.05) is 0 Å². The number of rotatable bonds is 1. The minimum absolute atomic E-state index is 0.0169. The molecule has 12 heavy (non-hydrogen) atoms. The van der Waals surface area contributed by atoms with Gasteiger partial charge in [-0.2, -0.15) is 0 Å². The molecule has 2 N–H and O–H groups in total. The van der Waals surface area contributed by atoms with Crippen LogP contribution in [0.3, 0.4) is 0 Å². The van der Waals surface area contributed by atoms with Crippen molar-refractivity contribution in [2.24, 2.45) is 0 Å². The Hall–Kier alpha value is -1.46. The number of nitrogen functional groups attached to an aromatic ring is 1. The van der Waals surface area contributed by atoms with Gasteiger partial charge in [-0.3, -0.25) is 0 Å². The Kier molecular flexibility index (Phi) is 2.07. The third kappa shape index (κ3) is 2.65. The number of pyridine rings is 1. The molecule has 1 aromatic heterocycles. The van der Waals surface area contributed by atoms with E-state index in [1.807, 2.05) is 0 Å². The zero-order chi connectivity index (χ0) is 9.19. The molecule has 0 fully saturated rings. The third-order valence-corrected chi connectivity index (χ3v) is 0.986. The van der Waals surface area contributed by atoms with E-state index in [0.717, 1.165) is 18.3 Å².